The van der Waals surface area contributed by atoms with Gasteiger partial charge in [-0.3, -0.25) is 14.4 Å². The summed E-state index contributed by atoms with van der Waals surface area (Å²) in [4.78, 5) is 34.5. The minimum absolute atomic E-state index is 0. The van der Waals surface area contributed by atoms with Gasteiger partial charge in [-0.25, -0.2) is 0 Å². The molecule has 0 atom stereocenters. The van der Waals surface area contributed by atoms with Crippen LogP contribution in [-0.2, 0) is 14.4 Å². The van der Waals surface area contributed by atoms with Gasteiger partial charge in [-0.1, -0.05) is 125 Å². The van der Waals surface area contributed by atoms with E-state index in [2.05, 4.69) is 0 Å². The monoisotopic (exact) mass is 721 g/mol. The van der Waals surface area contributed by atoms with E-state index in [0.717, 1.165) is 0 Å². The standard InChI is InChI=1S/3C11H20O2.Tm/c3*1-10(2,3)8(12)7-9(13)11(4,5)6;/h3*7,12H,1-6H3;/b3*8-7-;. The molecule has 0 aromatic carbocycles. The number of aliphatic hydroxyl groups excluding tert-OH is 3. The Morgan fingerprint density at radius 1 is 0.350 bits per heavy atom. The Morgan fingerprint density at radius 3 is 0.550 bits per heavy atom. The fourth-order valence-corrected chi connectivity index (χ4v) is 1.67. The average Bonchev–Trinajstić information content (AvgIpc) is 2.64. The van der Waals surface area contributed by atoms with Crippen molar-refractivity contribution >= 4 is 17.3 Å². The Balaban J connectivity index is -0.000000240. The fraction of sp³-hybridized carbons (Fsp3) is 0.727. The molecule has 0 saturated carbocycles. The van der Waals surface area contributed by atoms with Crippen LogP contribution in [-0.4, -0.2) is 32.7 Å². The van der Waals surface area contributed by atoms with Gasteiger partial charge in [0.1, 0.15) is 17.3 Å². The third kappa shape index (κ3) is 21.6. The molecule has 0 fully saturated rings. The second-order valence-electron chi connectivity index (χ2n) is 16.2. The van der Waals surface area contributed by atoms with Crippen LogP contribution in [0.1, 0.15) is 125 Å². The first-order chi connectivity index (χ1) is 16.6. The number of aliphatic hydroxyl groups is 3. The van der Waals surface area contributed by atoms with Crippen LogP contribution >= 0.6 is 0 Å². The zero-order valence-electron chi connectivity index (χ0n) is 28.6. The third-order valence-electron chi connectivity index (χ3n) is 5.33. The number of ketones is 3. The Morgan fingerprint density at radius 2 is 0.475 bits per heavy atom. The summed E-state index contributed by atoms with van der Waals surface area (Å²) in [6.45, 7) is 33.3. The van der Waals surface area contributed by atoms with Crippen LogP contribution in [0.2, 0.25) is 0 Å². The molecule has 0 unspecified atom stereocenters. The summed E-state index contributed by atoms with van der Waals surface area (Å²) in [5.74, 6) is 0.312. The van der Waals surface area contributed by atoms with Gasteiger partial charge in [-0.15, -0.1) is 0 Å². The van der Waals surface area contributed by atoms with Crippen molar-refractivity contribution < 1.29 is 66.6 Å². The Hall–Kier alpha value is -1.14. The van der Waals surface area contributed by atoms with Gasteiger partial charge in [0.15, 0.2) is 17.3 Å². The van der Waals surface area contributed by atoms with E-state index in [4.69, 9.17) is 0 Å². The van der Waals surface area contributed by atoms with Crippen molar-refractivity contribution in [3.8, 4) is 0 Å². The van der Waals surface area contributed by atoms with Gasteiger partial charge in [0, 0.05) is 87.6 Å². The van der Waals surface area contributed by atoms with Crippen molar-refractivity contribution in [1.82, 2.24) is 0 Å². The van der Waals surface area contributed by atoms with E-state index in [1.807, 2.05) is 125 Å². The van der Waals surface area contributed by atoms with Crippen LogP contribution < -0.4 is 0 Å². The molecule has 0 saturated heterocycles. The van der Waals surface area contributed by atoms with Crippen molar-refractivity contribution in [2.45, 2.75) is 125 Å². The Labute approximate surface area is 275 Å². The summed E-state index contributed by atoms with van der Waals surface area (Å²) in [6.07, 6.45) is 4.00. The predicted octanol–water partition coefficient (Wildman–Crippen LogP) is 9.27. The Bertz CT molecular complexity index is 801. The van der Waals surface area contributed by atoms with Gasteiger partial charge in [-0.05, 0) is 0 Å². The second-order valence-corrected chi connectivity index (χ2v) is 16.2. The molecule has 40 heavy (non-hydrogen) atoms. The number of rotatable bonds is 3. The van der Waals surface area contributed by atoms with Crippen LogP contribution in [0.15, 0.2) is 35.5 Å². The van der Waals surface area contributed by atoms with Crippen molar-refractivity contribution in [2.75, 3.05) is 0 Å². The van der Waals surface area contributed by atoms with Crippen molar-refractivity contribution in [3.63, 3.8) is 0 Å². The first-order valence-electron chi connectivity index (χ1n) is 13.5. The normalized spacial score (nSPS) is 14.1. The van der Waals surface area contributed by atoms with Crippen LogP contribution in [0.25, 0.3) is 0 Å². The quantitative estimate of drug-likeness (QED) is 0.198. The number of allylic oxidation sites excluding steroid dienone is 6. The first kappa shape index (κ1) is 45.8. The van der Waals surface area contributed by atoms with Gasteiger partial charge in [-0.2, -0.15) is 0 Å². The maximum absolute atomic E-state index is 11.5. The maximum atomic E-state index is 11.5. The van der Waals surface area contributed by atoms with Crippen LogP contribution in [0.3, 0.4) is 0 Å². The van der Waals surface area contributed by atoms with Crippen LogP contribution in [0.5, 0.6) is 0 Å². The molecule has 6 nitrogen and oxygen atoms in total. The van der Waals surface area contributed by atoms with E-state index in [9.17, 15) is 29.7 Å². The topological polar surface area (TPSA) is 112 Å². The molecule has 0 aromatic heterocycles. The number of carbonyl (C=O) groups is 3. The molecule has 0 aliphatic carbocycles. The first-order valence-corrected chi connectivity index (χ1v) is 13.5. The maximum Gasteiger partial charge on any atom is 0.164 e. The van der Waals surface area contributed by atoms with E-state index in [-0.39, 0.29) is 87.7 Å². The van der Waals surface area contributed by atoms with Gasteiger partial charge >= 0.3 is 0 Å². The summed E-state index contributed by atoms with van der Waals surface area (Å²) >= 11 is 0. The molecule has 3 N–H and O–H groups in total. The van der Waals surface area contributed by atoms with Crippen molar-refractivity contribution in [3.05, 3.63) is 35.5 Å². The zero-order chi connectivity index (χ0) is 32.6. The number of hydrogen-bond donors (Lipinski definition) is 3. The molecular weight excluding hydrogens is 661 g/mol. The molecule has 0 spiro atoms. The summed E-state index contributed by atoms with van der Waals surface area (Å²) in [5.41, 5.74) is -2.29. The van der Waals surface area contributed by atoms with E-state index in [1.54, 1.807) is 0 Å². The smallest absolute Gasteiger partial charge is 0.164 e. The predicted molar refractivity (Wildman–Crippen MR) is 164 cm³/mol. The van der Waals surface area contributed by atoms with Crippen LogP contribution in [0, 0.1) is 69.4 Å². The molecule has 0 aromatic rings. The molecule has 0 aliphatic rings. The molecule has 0 rings (SSSR count). The van der Waals surface area contributed by atoms with Gasteiger partial charge in [0.05, 0.1) is 0 Å². The van der Waals surface area contributed by atoms with Gasteiger partial charge in [0.2, 0.25) is 0 Å². The molecular formula is C33H60O6Tm. The van der Waals surface area contributed by atoms with Crippen molar-refractivity contribution in [1.29, 1.82) is 0 Å². The minimum Gasteiger partial charge on any atom is -0.512 e. The largest absolute Gasteiger partial charge is 0.512 e. The minimum atomic E-state index is -0.417. The average molecular weight is 722 g/mol. The third-order valence-corrected chi connectivity index (χ3v) is 5.33. The van der Waals surface area contributed by atoms with Crippen molar-refractivity contribution in [2.24, 2.45) is 32.5 Å². The summed E-state index contributed by atoms with van der Waals surface area (Å²) < 4.78 is 0. The molecule has 0 aliphatic heterocycles. The van der Waals surface area contributed by atoms with E-state index < -0.39 is 16.2 Å². The Kier molecular flexibility index (Phi) is 18.9. The van der Waals surface area contributed by atoms with E-state index in [1.165, 1.54) is 18.2 Å². The summed E-state index contributed by atoms with van der Waals surface area (Å²) in [7, 11) is 0. The molecule has 241 valence electrons. The summed E-state index contributed by atoms with van der Waals surface area (Å²) in [6, 6.07) is 0. The molecule has 0 bridgehead atoms. The van der Waals surface area contributed by atoms with E-state index in [0.29, 0.717) is 0 Å². The molecule has 7 heteroatoms. The zero-order valence-corrected chi connectivity index (χ0v) is 30.4. The van der Waals surface area contributed by atoms with Crippen LogP contribution in [0.4, 0.5) is 0 Å². The van der Waals surface area contributed by atoms with Gasteiger partial charge in [0.25, 0.3) is 0 Å². The number of carbonyl (C=O) groups excluding carboxylic acids is 3. The molecule has 0 heterocycles. The SMILES string of the molecule is CC(C)(C)C(=O)/C=C(\O)C(C)(C)C.CC(C)(C)C(=O)/C=C(\O)C(C)(C)C.CC(C)(C)C(=O)/C=C(\O)C(C)(C)C.[Tm]. The summed E-state index contributed by atoms with van der Waals surface area (Å²) in [5, 5.41) is 28.7. The fourth-order valence-electron chi connectivity index (χ4n) is 1.67. The second kappa shape index (κ2) is 16.5. The van der Waals surface area contributed by atoms with Gasteiger partial charge < -0.3 is 15.3 Å². The molecule has 0 amide bonds. The number of hydrogen-bond acceptors (Lipinski definition) is 6. The molecule has 1 radical (unpaired) electrons. The van der Waals surface area contributed by atoms with E-state index >= 15 is 0 Å².